The molecule has 0 radical (unpaired) electrons. The molecular weight excluding hydrogens is 186 g/mol. The standard InChI is InChI=1S/C8H11N3O3/c12-8(7-5-13-2-1-9-7)11-6-3-10-14-4-6/h3-4,7,9H,1-2,5H2,(H,11,12). The number of amides is 1. The molecule has 6 nitrogen and oxygen atoms in total. The van der Waals surface area contributed by atoms with E-state index in [4.69, 9.17) is 4.74 Å². The summed E-state index contributed by atoms with van der Waals surface area (Å²) >= 11 is 0. The van der Waals surface area contributed by atoms with Gasteiger partial charge in [0.05, 0.1) is 19.4 Å². The van der Waals surface area contributed by atoms with Gasteiger partial charge in [-0.05, 0) is 0 Å². The van der Waals surface area contributed by atoms with Crippen LogP contribution in [0.2, 0.25) is 0 Å². The Labute approximate surface area is 80.6 Å². The number of ether oxygens (including phenoxy) is 1. The zero-order chi connectivity index (χ0) is 9.80. The smallest absolute Gasteiger partial charge is 0.244 e. The number of hydrogen-bond donors (Lipinski definition) is 2. The van der Waals surface area contributed by atoms with Crippen LogP contribution in [0.3, 0.4) is 0 Å². The van der Waals surface area contributed by atoms with Crippen molar-refractivity contribution >= 4 is 11.6 Å². The van der Waals surface area contributed by atoms with E-state index in [-0.39, 0.29) is 11.9 Å². The lowest BCUT2D eigenvalue weighted by Crippen LogP contribution is -2.48. The molecule has 2 heterocycles. The fourth-order valence-electron chi connectivity index (χ4n) is 1.23. The molecule has 0 bridgehead atoms. The fourth-order valence-corrected chi connectivity index (χ4v) is 1.23. The maximum absolute atomic E-state index is 11.5. The van der Waals surface area contributed by atoms with Gasteiger partial charge in [-0.1, -0.05) is 5.16 Å². The quantitative estimate of drug-likeness (QED) is 0.674. The Morgan fingerprint density at radius 3 is 3.29 bits per heavy atom. The van der Waals surface area contributed by atoms with E-state index in [9.17, 15) is 4.79 Å². The highest BCUT2D eigenvalue weighted by Crippen LogP contribution is 2.05. The summed E-state index contributed by atoms with van der Waals surface area (Å²) in [6, 6.07) is -0.293. The number of aromatic nitrogens is 1. The van der Waals surface area contributed by atoms with E-state index in [1.807, 2.05) is 0 Å². The van der Waals surface area contributed by atoms with Crippen LogP contribution in [0.5, 0.6) is 0 Å². The van der Waals surface area contributed by atoms with Crippen molar-refractivity contribution in [2.45, 2.75) is 6.04 Å². The maximum Gasteiger partial charge on any atom is 0.244 e. The summed E-state index contributed by atoms with van der Waals surface area (Å²) in [5.41, 5.74) is 0.558. The van der Waals surface area contributed by atoms with Gasteiger partial charge in [-0.15, -0.1) is 0 Å². The molecule has 2 rings (SSSR count). The Morgan fingerprint density at radius 1 is 1.71 bits per heavy atom. The lowest BCUT2D eigenvalue weighted by atomic mass is 10.2. The number of carbonyl (C=O) groups excluding carboxylic acids is 1. The minimum Gasteiger partial charge on any atom is -0.378 e. The monoisotopic (exact) mass is 197 g/mol. The van der Waals surface area contributed by atoms with Gasteiger partial charge in [0.25, 0.3) is 0 Å². The van der Waals surface area contributed by atoms with Crippen LogP contribution < -0.4 is 10.6 Å². The second kappa shape index (κ2) is 4.21. The Kier molecular flexibility index (Phi) is 2.76. The molecule has 0 saturated carbocycles. The van der Waals surface area contributed by atoms with Crippen LogP contribution in [0.25, 0.3) is 0 Å². The third-order valence-corrected chi connectivity index (χ3v) is 1.94. The van der Waals surface area contributed by atoms with E-state index in [0.29, 0.717) is 25.4 Å². The maximum atomic E-state index is 11.5. The van der Waals surface area contributed by atoms with Crippen molar-refractivity contribution in [3.05, 3.63) is 12.5 Å². The van der Waals surface area contributed by atoms with Crippen molar-refractivity contribution < 1.29 is 14.1 Å². The number of hydrogen-bond acceptors (Lipinski definition) is 5. The molecule has 1 amide bonds. The van der Waals surface area contributed by atoms with Crippen molar-refractivity contribution in [1.29, 1.82) is 0 Å². The predicted molar refractivity (Wildman–Crippen MR) is 47.7 cm³/mol. The number of morpholine rings is 1. The third kappa shape index (κ3) is 2.09. The van der Waals surface area contributed by atoms with Crippen molar-refractivity contribution in [2.75, 3.05) is 25.1 Å². The predicted octanol–water partition coefficient (Wildman–Crippen LogP) is -0.399. The van der Waals surface area contributed by atoms with Crippen LogP contribution in [0.15, 0.2) is 17.0 Å². The highest BCUT2D eigenvalue weighted by molar-refractivity contribution is 5.94. The summed E-state index contributed by atoms with van der Waals surface area (Å²) in [6.07, 6.45) is 2.82. The van der Waals surface area contributed by atoms with Gasteiger partial charge in [-0.3, -0.25) is 4.79 Å². The molecule has 0 aromatic carbocycles. The molecule has 1 aromatic rings. The van der Waals surface area contributed by atoms with E-state index in [1.54, 1.807) is 0 Å². The second-order valence-corrected chi connectivity index (χ2v) is 2.98. The van der Waals surface area contributed by atoms with Gasteiger partial charge in [0.2, 0.25) is 5.91 Å². The first kappa shape index (κ1) is 9.17. The van der Waals surface area contributed by atoms with Gasteiger partial charge >= 0.3 is 0 Å². The van der Waals surface area contributed by atoms with E-state index in [2.05, 4.69) is 20.3 Å². The Hall–Kier alpha value is -1.40. The van der Waals surface area contributed by atoms with E-state index in [1.165, 1.54) is 12.5 Å². The molecule has 1 aliphatic heterocycles. The minimum absolute atomic E-state index is 0.132. The Bertz CT molecular complexity index is 293. The summed E-state index contributed by atoms with van der Waals surface area (Å²) in [6.45, 7) is 1.75. The number of nitrogens with zero attached hydrogens (tertiary/aromatic N) is 1. The van der Waals surface area contributed by atoms with Crippen molar-refractivity contribution in [1.82, 2.24) is 10.5 Å². The van der Waals surface area contributed by atoms with Crippen LogP contribution in [-0.2, 0) is 9.53 Å². The Morgan fingerprint density at radius 2 is 2.64 bits per heavy atom. The van der Waals surface area contributed by atoms with Crippen molar-refractivity contribution in [3.63, 3.8) is 0 Å². The van der Waals surface area contributed by atoms with Crippen LogP contribution in [0, 0.1) is 0 Å². The average Bonchev–Trinajstić information content (AvgIpc) is 2.72. The van der Waals surface area contributed by atoms with Gasteiger partial charge in [-0.2, -0.15) is 0 Å². The van der Waals surface area contributed by atoms with E-state index in [0.717, 1.165) is 0 Å². The minimum atomic E-state index is -0.293. The molecular formula is C8H11N3O3. The van der Waals surface area contributed by atoms with Crippen molar-refractivity contribution in [2.24, 2.45) is 0 Å². The summed E-state index contributed by atoms with van der Waals surface area (Å²) in [7, 11) is 0. The number of rotatable bonds is 2. The van der Waals surface area contributed by atoms with Crippen LogP contribution in [-0.4, -0.2) is 36.9 Å². The molecule has 1 aromatic heterocycles. The first-order chi connectivity index (χ1) is 6.86. The lowest BCUT2D eigenvalue weighted by molar-refractivity contribution is -0.120. The first-order valence-electron chi connectivity index (χ1n) is 4.37. The van der Waals surface area contributed by atoms with Gasteiger partial charge < -0.3 is 19.9 Å². The topological polar surface area (TPSA) is 76.4 Å². The highest BCUT2D eigenvalue weighted by atomic mass is 16.5. The summed E-state index contributed by atoms with van der Waals surface area (Å²) in [5, 5.41) is 9.18. The molecule has 2 N–H and O–H groups in total. The zero-order valence-electron chi connectivity index (χ0n) is 7.53. The fraction of sp³-hybridized carbons (Fsp3) is 0.500. The lowest BCUT2D eigenvalue weighted by Gasteiger charge is -2.22. The van der Waals surface area contributed by atoms with Crippen LogP contribution in [0.4, 0.5) is 5.69 Å². The summed E-state index contributed by atoms with van der Waals surface area (Å²) in [4.78, 5) is 11.5. The largest absolute Gasteiger partial charge is 0.378 e. The second-order valence-electron chi connectivity index (χ2n) is 2.98. The Balaban J connectivity index is 1.88. The molecule has 0 spiro atoms. The number of anilines is 1. The van der Waals surface area contributed by atoms with Gasteiger partial charge in [0.15, 0.2) is 0 Å². The SMILES string of the molecule is O=C(Nc1cnoc1)C1COCCN1. The average molecular weight is 197 g/mol. The van der Waals surface area contributed by atoms with E-state index < -0.39 is 0 Å². The molecule has 14 heavy (non-hydrogen) atoms. The highest BCUT2D eigenvalue weighted by Gasteiger charge is 2.21. The van der Waals surface area contributed by atoms with Gasteiger partial charge in [0.1, 0.15) is 18.0 Å². The van der Waals surface area contributed by atoms with Crippen LogP contribution >= 0.6 is 0 Å². The zero-order valence-corrected chi connectivity index (χ0v) is 7.53. The first-order valence-corrected chi connectivity index (χ1v) is 4.37. The normalized spacial score (nSPS) is 21.9. The third-order valence-electron chi connectivity index (χ3n) is 1.94. The molecule has 1 atom stereocenters. The summed E-state index contributed by atoms with van der Waals surface area (Å²) < 4.78 is 9.75. The molecule has 1 fully saturated rings. The number of carbonyl (C=O) groups is 1. The summed E-state index contributed by atoms with van der Waals surface area (Å²) in [5.74, 6) is -0.132. The van der Waals surface area contributed by atoms with Gasteiger partial charge in [0, 0.05) is 6.54 Å². The van der Waals surface area contributed by atoms with E-state index >= 15 is 0 Å². The van der Waals surface area contributed by atoms with Crippen molar-refractivity contribution in [3.8, 4) is 0 Å². The molecule has 76 valence electrons. The van der Waals surface area contributed by atoms with Crippen LogP contribution in [0.1, 0.15) is 0 Å². The molecule has 1 unspecified atom stereocenters. The van der Waals surface area contributed by atoms with Gasteiger partial charge in [-0.25, -0.2) is 0 Å². The number of nitrogens with one attached hydrogen (secondary N) is 2. The molecule has 1 saturated heterocycles. The molecule has 6 heteroatoms. The molecule has 1 aliphatic rings. The molecule has 0 aliphatic carbocycles.